The molecule has 0 radical (unpaired) electrons. The second kappa shape index (κ2) is 3.86. The highest BCUT2D eigenvalue weighted by molar-refractivity contribution is 5.36. The van der Waals surface area contributed by atoms with Gasteiger partial charge in [-0.2, -0.15) is 23.5 Å². The average molecular weight is 239 g/mol. The molecular weight excluding hydrogens is 235 g/mol. The Labute approximate surface area is 93.2 Å². The third-order valence-electron chi connectivity index (χ3n) is 1.88. The minimum Gasteiger partial charge on any atom is -0.240 e. The predicted molar refractivity (Wildman–Crippen MR) is 48.9 cm³/mol. The van der Waals surface area contributed by atoms with Gasteiger partial charge in [0.1, 0.15) is 6.07 Å². The van der Waals surface area contributed by atoms with Crippen molar-refractivity contribution in [3.63, 3.8) is 0 Å². The van der Waals surface area contributed by atoms with E-state index in [9.17, 15) is 13.2 Å². The highest BCUT2D eigenvalue weighted by atomic mass is 19.4. The van der Waals surface area contributed by atoms with E-state index in [1.54, 1.807) is 6.07 Å². The molecule has 0 aliphatic rings. The molecule has 2 aromatic rings. The van der Waals surface area contributed by atoms with Crippen molar-refractivity contribution in [1.82, 2.24) is 19.7 Å². The van der Waals surface area contributed by atoms with Gasteiger partial charge < -0.3 is 0 Å². The molecule has 86 valence electrons. The van der Waals surface area contributed by atoms with Crippen molar-refractivity contribution >= 4 is 0 Å². The molecule has 0 atom stereocenters. The lowest BCUT2D eigenvalue weighted by molar-refractivity contribution is -0.141. The zero-order valence-electron chi connectivity index (χ0n) is 8.18. The molecule has 5 nitrogen and oxygen atoms in total. The molecule has 2 heterocycles. The summed E-state index contributed by atoms with van der Waals surface area (Å²) < 4.78 is 37.8. The summed E-state index contributed by atoms with van der Waals surface area (Å²) in [7, 11) is 0. The fourth-order valence-electron chi connectivity index (χ4n) is 1.17. The van der Waals surface area contributed by atoms with E-state index in [0.717, 1.165) is 16.9 Å². The Morgan fingerprint density at radius 1 is 1.24 bits per heavy atom. The smallest absolute Gasteiger partial charge is 0.240 e. The van der Waals surface area contributed by atoms with E-state index in [2.05, 4.69) is 15.1 Å². The van der Waals surface area contributed by atoms with Gasteiger partial charge in [0.2, 0.25) is 0 Å². The molecule has 0 saturated heterocycles. The van der Waals surface area contributed by atoms with Crippen LogP contribution in [0.25, 0.3) is 5.82 Å². The van der Waals surface area contributed by atoms with Crippen LogP contribution >= 0.6 is 0 Å². The van der Waals surface area contributed by atoms with Crippen LogP contribution in [-0.4, -0.2) is 19.7 Å². The Kier molecular flexibility index (Phi) is 2.51. The summed E-state index contributed by atoms with van der Waals surface area (Å²) >= 11 is 0. The number of halogens is 3. The van der Waals surface area contributed by atoms with Crippen LogP contribution < -0.4 is 0 Å². The lowest BCUT2D eigenvalue weighted by Crippen LogP contribution is -2.09. The van der Waals surface area contributed by atoms with Crippen LogP contribution in [0.2, 0.25) is 0 Å². The number of nitriles is 1. The highest BCUT2D eigenvalue weighted by Crippen LogP contribution is 2.27. The Bertz CT molecular complexity index is 581. The van der Waals surface area contributed by atoms with Gasteiger partial charge in [-0.1, -0.05) is 0 Å². The first kappa shape index (κ1) is 11.1. The molecular formula is C9H4F3N5. The molecule has 17 heavy (non-hydrogen) atoms. The quantitative estimate of drug-likeness (QED) is 0.757. The predicted octanol–water partition coefficient (Wildman–Crippen LogP) is 1.55. The van der Waals surface area contributed by atoms with Gasteiger partial charge in [-0.05, 0) is 6.07 Å². The number of rotatable bonds is 1. The molecule has 0 N–H and O–H groups in total. The van der Waals surface area contributed by atoms with E-state index in [1.807, 2.05) is 0 Å². The maximum absolute atomic E-state index is 12.3. The van der Waals surface area contributed by atoms with Crippen LogP contribution in [-0.2, 0) is 6.18 Å². The minimum absolute atomic E-state index is 0.0366. The van der Waals surface area contributed by atoms with Crippen LogP contribution in [0.3, 0.4) is 0 Å². The van der Waals surface area contributed by atoms with Crippen LogP contribution in [0.15, 0.2) is 24.7 Å². The van der Waals surface area contributed by atoms with Crippen molar-refractivity contribution in [3.8, 4) is 11.9 Å². The van der Waals surface area contributed by atoms with Crippen molar-refractivity contribution in [1.29, 1.82) is 5.26 Å². The summed E-state index contributed by atoms with van der Waals surface area (Å²) in [6.07, 6.45) is -0.907. The number of nitrogens with zero attached hydrogens (tertiary/aromatic N) is 5. The van der Waals surface area contributed by atoms with Crippen molar-refractivity contribution in [2.75, 3.05) is 0 Å². The topological polar surface area (TPSA) is 67.4 Å². The van der Waals surface area contributed by atoms with Gasteiger partial charge in [0.15, 0.2) is 17.2 Å². The van der Waals surface area contributed by atoms with Gasteiger partial charge in [-0.3, -0.25) is 0 Å². The van der Waals surface area contributed by atoms with Gasteiger partial charge in [0, 0.05) is 18.6 Å². The van der Waals surface area contributed by atoms with E-state index in [1.165, 1.54) is 12.4 Å². The van der Waals surface area contributed by atoms with Gasteiger partial charge in [-0.15, -0.1) is 0 Å². The standard InChI is InChI=1S/C9H4F3N5/c10-9(11,12)7-1-4-17(16-7)8-6(5-13)14-2-3-15-8/h1-4H. The molecule has 0 aromatic carbocycles. The fraction of sp³-hybridized carbons (Fsp3) is 0.111. The number of alkyl halides is 3. The SMILES string of the molecule is N#Cc1nccnc1-n1ccc(C(F)(F)F)n1. The molecule has 0 aliphatic heterocycles. The first-order chi connectivity index (χ1) is 8.02. The van der Waals surface area contributed by atoms with Gasteiger partial charge in [0.05, 0.1) is 0 Å². The second-order valence-corrected chi connectivity index (χ2v) is 2.98. The number of hydrogen-bond acceptors (Lipinski definition) is 4. The molecule has 0 bridgehead atoms. The molecule has 0 aliphatic carbocycles. The highest BCUT2D eigenvalue weighted by Gasteiger charge is 2.33. The Morgan fingerprint density at radius 2 is 1.94 bits per heavy atom. The van der Waals surface area contributed by atoms with Gasteiger partial charge >= 0.3 is 6.18 Å². The van der Waals surface area contributed by atoms with Crippen LogP contribution in [0.5, 0.6) is 0 Å². The first-order valence-corrected chi connectivity index (χ1v) is 4.36. The molecule has 0 saturated carbocycles. The summed E-state index contributed by atoms with van der Waals surface area (Å²) in [4.78, 5) is 7.44. The summed E-state index contributed by atoms with van der Waals surface area (Å²) in [6, 6.07) is 2.53. The zero-order valence-corrected chi connectivity index (χ0v) is 8.18. The third-order valence-corrected chi connectivity index (χ3v) is 1.88. The van der Waals surface area contributed by atoms with Crippen molar-refractivity contribution < 1.29 is 13.2 Å². The second-order valence-electron chi connectivity index (χ2n) is 2.98. The van der Waals surface area contributed by atoms with E-state index in [0.29, 0.717) is 0 Å². The van der Waals surface area contributed by atoms with Crippen molar-refractivity contribution in [2.24, 2.45) is 0 Å². The minimum atomic E-state index is -4.53. The summed E-state index contributed by atoms with van der Waals surface area (Å²) in [5.74, 6) is -0.0366. The largest absolute Gasteiger partial charge is 0.435 e. The maximum atomic E-state index is 12.3. The number of aromatic nitrogens is 4. The van der Waals surface area contributed by atoms with Gasteiger partial charge in [-0.25, -0.2) is 14.6 Å². The zero-order chi connectivity index (χ0) is 12.5. The molecule has 8 heteroatoms. The van der Waals surface area contributed by atoms with Crippen LogP contribution in [0.4, 0.5) is 13.2 Å². The summed E-state index contributed by atoms with van der Waals surface area (Å²) in [6.45, 7) is 0. The fourth-order valence-corrected chi connectivity index (χ4v) is 1.17. The van der Waals surface area contributed by atoms with Crippen LogP contribution in [0, 0.1) is 11.3 Å². The summed E-state index contributed by atoms with van der Waals surface area (Å²) in [5, 5.41) is 12.0. The molecule has 2 aromatic heterocycles. The van der Waals surface area contributed by atoms with E-state index in [4.69, 9.17) is 5.26 Å². The third kappa shape index (κ3) is 2.08. The van der Waals surface area contributed by atoms with E-state index in [-0.39, 0.29) is 11.5 Å². The van der Waals surface area contributed by atoms with Crippen molar-refractivity contribution in [3.05, 3.63) is 36.0 Å². The molecule has 0 spiro atoms. The number of hydrogen-bond donors (Lipinski definition) is 0. The normalized spacial score (nSPS) is 11.2. The molecule has 2 rings (SSSR count). The average Bonchev–Trinajstić information content (AvgIpc) is 2.77. The Morgan fingerprint density at radius 3 is 2.53 bits per heavy atom. The Hall–Kier alpha value is -2.43. The van der Waals surface area contributed by atoms with Crippen molar-refractivity contribution in [2.45, 2.75) is 6.18 Å². The maximum Gasteiger partial charge on any atom is 0.435 e. The lowest BCUT2D eigenvalue weighted by Gasteiger charge is -2.02. The van der Waals surface area contributed by atoms with Crippen LogP contribution in [0.1, 0.15) is 11.4 Å². The summed E-state index contributed by atoms with van der Waals surface area (Å²) in [5.41, 5.74) is -1.14. The monoisotopic (exact) mass is 239 g/mol. The Balaban J connectivity index is 2.49. The molecule has 0 unspecified atom stereocenters. The molecule has 0 amide bonds. The molecule has 0 fully saturated rings. The first-order valence-electron chi connectivity index (χ1n) is 4.36. The van der Waals surface area contributed by atoms with Gasteiger partial charge in [0.25, 0.3) is 0 Å². The lowest BCUT2D eigenvalue weighted by atomic mass is 10.4. The van der Waals surface area contributed by atoms with E-state index >= 15 is 0 Å². The van der Waals surface area contributed by atoms with E-state index < -0.39 is 11.9 Å².